The largest absolute Gasteiger partial charge is 0.484 e. The second kappa shape index (κ2) is 10.1. The van der Waals surface area contributed by atoms with Gasteiger partial charge in [-0.2, -0.15) is 0 Å². The van der Waals surface area contributed by atoms with Crippen molar-refractivity contribution in [2.45, 2.75) is 38.8 Å². The number of carbonyl (C=O) groups is 4. The van der Waals surface area contributed by atoms with Gasteiger partial charge in [-0.3, -0.25) is 14.4 Å². The van der Waals surface area contributed by atoms with Crippen molar-refractivity contribution in [1.82, 2.24) is 4.90 Å². The van der Waals surface area contributed by atoms with Crippen LogP contribution in [0.1, 0.15) is 37.0 Å². The van der Waals surface area contributed by atoms with Crippen LogP contribution in [0.5, 0.6) is 5.75 Å². The number of anilines is 1. The van der Waals surface area contributed by atoms with E-state index in [9.17, 15) is 19.2 Å². The minimum absolute atomic E-state index is 0.112. The quantitative estimate of drug-likeness (QED) is 0.465. The SMILES string of the molecule is CCC(C)N(C(=O)COc1ccccc1)C1CC(=O)N(c2ccc(C(=O)OC)cc2)C1=O. The topological polar surface area (TPSA) is 93.2 Å². The number of carbonyl (C=O) groups excluding carboxylic acids is 4. The summed E-state index contributed by atoms with van der Waals surface area (Å²) in [4.78, 5) is 53.1. The van der Waals surface area contributed by atoms with Gasteiger partial charge in [0.25, 0.3) is 11.8 Å². The van der Waals surface area contributed by atoms with E-state index >= 15 is 0 Å². The van der Waals surface area contributed by atoms with Crippen LogP contribution in [0, 0.1) is 0 Å². The summed E-state index contributed by atoms with van der Waals surface area (Å²) in [7, 11) is 1.27. The number of rotatable bonds is 8. The number of para-hydroxylation sites is 1. The summed E-state index contributed by atoms with van der Waals surface area (Å²) in [6, 6.07) is 13.8. The maximum Gasteiger partial charge on any atom is 0.337 e. The molecule has 1 aliphatic heterocycles. The Balaban J connectivity index is 1.79. The Kier molecular flexibility index (Phi) is 7.25. The number of ether oxygens (including phenoxy) is 2. The van der Waals surface area contributed by atoms with Gasteiger partial charge in [0.05, 0.1) is 24.8 Å². The van der Waals surface area contributed by atoms with Gasteiger partial charge in [0.2, 0.25) is 5.91 Å². The van der Waals surface area contributed by atoms with Crippen LogP contribution in [0.2, 0.25) is 0 Å². The Bertz CT molecular complexity index is 989. The fraction of sp³-hybridized carbons (Fsp3) is 0.333. The van der Waals surface area contributed by atoms with Crippen LogP contribution < -0.4 is 9.64 Å². The van der Waals surface area contributed by atoms with Crippen LogP contribution in [0.4, 0.5) is 5.69 Å². The minimum atomic E-state index is -0.912. The molecule has 2 aromatic rings. The zero-order valence-corrected chi connectivity index (χ0v) is 18.3. The summed E-state index contributed by atoms with van der Waals surface area (Å²) in [5.41, 5.74) is 0.647. The number of amides is 3. The van der Waals surface area contributed by atoms with Crippen molar-refractivity contribution in [3.63, 3.8) is 0 Å². The van der Waals surface area contributed by atoms with Crippen molar-refractivity contribution < 1.29 is 28.7 Å². The Hall–Kier alpha value is -3.68. The molecule has 0 bridgehead atoms. The molecule has 8 heteroatoms. The first kappa shape index (κ1) is 23.0. The molecule has 168 valence electrons. The van der Waals surface area contributed by atoms with E-state index in [0.29, 0.717) is 23.4 Å². The van der Waals surface area contributed by atoms with Gasteiger partial charge in [0.1, 0.15) is 11.8 Å². The molecule has 0 spiro atoms. The van der Waals surface area contributed by atoms with Gasteiger partial charge in [-0.15, -0.1) is 0 Å². The summed E-state index contributed by atoms with van der Waals surface area (Å²) in [5, 5.41) is 0. The molecule has 1 aliphatic rings. The fourth-order valence-electron chi connectivity index (χ4n) is 3.63. The number of nitrogens with zero attached hydrogens (tertiary/aromatic N) is 2. The Morgan fingerprint density at radius 3 is 2.34 bits per heavy atom. The minimum Gasteiger partial charge on any atom is -0.484 e. The molecular weight excluding hydrogens is 412 g/mol. The third-order valence-electron chi connectivity index (χ3n) is 5.46. The lowest BCUT2D eigenvalue weighted by molar-refractivity contribution is -0.142. The molecule has 0 radical (unpaired) electrons. The zero-order valence-electron chi connectivity index (χ0n) is 18.3. The van der Waals surface area contributed by atoms with Crippen molar-refractivity contribution in [1.29, 1.82) is 0 Å². The molecule has 2 unspecified atom stereocenters. The fourth-order valence-corrected chi connectivity index (χ4v) is 3.63. The average molecular weight is 438 g/mol. The van der Waals surface area contributed by atoms with E-state index in [0.717, 1.165) is 4.90 Å². The predicted molar refractivity (Wildman–Crippen MR) is 117 cm³/mol. The molecule has 2 atom stereocenters. The molecule has 8 nitrogen and oxygen atoms in total. The summed E-state index contributed by atoms with van der Waals surface area (Å²) < 4.78 is 10.2. The smallest absolute Gasteiger partial charge is 0.337 e. The highest BCUT2D eigenvalue weighted by atomic mass is 16.5. The molecule has 3 amide bonds. The first-order valence-electron chi connectivity index (χ1n) is 10.4. The van der Waals surface area contributed by atoms with Crippen LogP contribution in [0.25, 0.3) is 0 Å². The molecular formula is C24H26N2O6. The van der Waals surface area contributed by atoms with Crippen molar-refractivity contribution >= 4 is 29.4 Å². The Morgan fingerprint density at radius 1 is 1.09 bits per heavy atom. The first-order chi connectivity index (χ1) is 15.4. The van der Waals surface area contributed by atoms with E-state index in [2.05, 4.69) is 4.74 Å². The molecule has 1 heterocycles. The van der Waals surface area contributed by atoms with E-state index in [4.69, 9.17) is 4.74 Å². The highest BCUT2D eigenvalue weighted by Gasteiger charge is 2.45. The normalized spacial score (nSPS) is 16.6. The van der Waals surface area contributed by atoms with Gasteiger partial charge in [-0.05, 0) is 49.7 Å². The van der Waals surface area contributed by atoms with Gasteiger partial charge < -0.3 is 14.4 Å². The van der Waals surface area contributed by atoms with E-state index in [1.165, 1.54) is 36.3 Å². The summed E-state index contributed by atoms with van der Waals surface area (Å²) >= 11 is 0. The second-order valence-electron chi connectivity index (χ2n) is 7.49. The molecule has 0 N–H and O–H groups in total. The van der Waals surface area contributed by atoms with E-state index in [1.807, 2.05) is 19.9 Å². The van der Waals surface area contributed by atoms with Crippen molar-refractivity contribution in [3.8, 4) is 5.75 Å². The molecule has 0 saturated carbocycles. The zero-order chi connectivity index (χ0) is 23.3. The van der Waals surface area contributed by atoms with Gasteiger partial charge in [-0.1, -0.05) is 25.1 Å². The lowest BCUT2D eigenvalue weighted by atomic mass is 10.1. The lowest BCUT2D eigenvalue weighted by Crippen LogP contribution is -2.51. The maximum atomic E-state index is 13.2. The number of hydrogen-bond acceptors (Lipinski definition) is 6. The molecule has 2 aromatic carbocycles. The van der Waals surface area contributed by atoms with E-state index in [-0.39, 0.29) is 25.0 Å². The second-order valence-corrected chi connectivity index (χ2v) is 7.49. The standard InChI is InChI=1S/C24H26N2O6/c1-4-16(2)25(22(28)15-32-19-8-6-5-7-9-19)20-14-21(27)26(23(20)29)18-12-10-17(11-13-18)24(30)31-3/h5-13,16,20H,4,14-15H2,1-3H3. The van der Waals surface area contributed by atoms with Crippen molar-refractivity contribution in [2.24, 2.45) is 0 Å². The predicted octanol–water partition coefficient (Wildman–Crippen LogP) is 2.81. The highest BCUT2D eigenvalue weighted by molar-refractivity contribution is 6.23. The highest BCUT2D eigenvalue weighted by Crippen LogP contribution is 2.28. The average Bonchev–Trinajstić information content (AvgIpc) is 3.11. The van der Waals surface area contributed by atoms with Crippen LogP contribution in [0.15, 0.2) is 54.6 Å². The summed E-state index contributed by atoms with van der Waals surface area (Å²) in [6.07, 6.45) is 0.502. The van der Waals surface area contributed by atoms with E-state index in [1.54, 1.807) is 24.3 Å². The Labute approximate surface area is 186 Å². The van der Waals surface area contributed by atoms with Gasteiger partial charge in [-0.25, -0.2) is 9.69 Å². The molecule has 32 heavy (non-hydrogen) atoms. The third kappa shape index (κ3) is 4.80. The molecule has 0 aliphatic carbocycles. The van der Waals surface area contributed by atoms with Crippen LogP contribution in [0.3, 0.4) is 0 Å². The summed E-state index contributed by atoms with van der Waals surface area (Å²) in [5.74, 6) is -1.21. The number of esters is 1. The van der Waals surface area contributed by atoms with E-state index < -0.39 is 23.8 Å². The van der Waals surface area contributed by atoms with Crippen LogP contribution in [-0.4, -0.2) is 54.4 Å². The molecule has 1 fully saturated rings. The van der Waals surface area contributed by atoms with Crippen LogP contribution in [-0.2, 0) is 19.1 Å². The van der Waals surface area contributed by atoms with Gasteiger partial charge >= 0.3 is 5.97 Å². The number of imide groups is 1. The third-order valence-corrected chi connectivity index (χ3v) is 5.46. The monoisotopic (exact) mass is 438 g/mol. The van der Waals surface area contributed by atoms with Crippen LogP contribution >= 0.6 is 0 Å². The molecule has 3 rings (SSSR count). The Morgan fingerprint density at radius 2 is 1.75 bits per heavy atom. The summed E-state index contributed by atoms with van der Waals surface area (Å²) in [6.45, 7) is 3.51. The molecule has 1 saturated heterocycles. The van der Waals surface area contributed by atoms with Gasteiger partial charge in [0, 0.05) is 6.04 Å². The van der Waals surface area contributed by atoms with Crippen molar-refractivity contribution in [3.05, 3.63) is 60.2 Å². The molecule has 0 aromatic heterocycles. The van der Waals surface area contributed by atoms with Gasteiger partial charge in [0.15, 0.2) is 6.61 Å². The number of benzene rings is 2. The number of hydrogen-bond donors (Lipinski definition) is 0. The maximum absolute atomic E-state index is 13.2. The van der Waals surface area contributed by atoms with Crippen molar-refractivity contribution in [2.75, 3.05) is 18.6 Å². The first-order valence-corrected chi connectivity index (χ1v) is 10.4. The lowest BCUT2D eigenvalue weighted by Gasteiger charge is -2.32. The number of methoxy groups -OCH3 is 1.